The number of aromatic amines is 1. The van der Waals surface area contributed by atoms with Gasteiger partial charge in [-0.1, -0.05) is 6.07 Å². The molecule has 1 saturated carbocycles. The van der Waals surface area contributed by atoms with Crippen LogP contribution in [0.1, 0.15) is 30.1 Å². The molecule has 1 aromatic carbocycles. The Kier molecular flexibility index (Phi) is 2.58. The van der Waals surface area contributed by atoms with Gasteiger partial charge >= 0.3 is 0 Å². The normalized spacial score (nSPS) is 16.8. The third kappa shape index (κ3) is 1.88. The van der Waals surface area contributed by atoms with Crippen molar-refractivity contribution >= 4 is 16.8 Å². The zero-order chi connectivity index (χ0) is 12.7. The lowest BCUT2D eigenvalue weighted by molar-refractivity contribution is 0.0727. The van der Waals surface area contributed by atoms with Crippen molar-refractivity contribution in [3.63, 3.8) is 0 Å². The summed E-state index contributed by atoms with van der Waals surface area (Å²) in [5.41, 5.74) is 1.63. The van der Waals surface area contributed by atoms with Crippen LogP contribution in [-0.4, -0.2) is 34.1 Å². The number of hydrogen-bond acceptors (Lipinski definition) is 2. The Labute approximate surface area is 106 Å². The summed E-state index contributed by atoms with van der Waals surface area (Å²) in [7, 11) is 1.89. The fourth-order valence-corrected chi connectivity index (χ4v) is 2.35. The Hall–Kier alpha value is -1.84. The molecule has 4 nitrogen and oxygen atoms in total. The molecular formula is C14H17N3O. The van der Waals surface area contributed by atoms with Crippen molar-refractivity contribution in [2.24, 2.45) is 5.92 Å². The van der Waals surface area contributed by atoms with Crippen molar-refractivity contribution in [2.75, 3.05) is 7.05 Å². The topological polar surface area (TPSA) is 49.0 Å². The van der Waals surface area contributed by atoms with Crippen molar-refractivity contribution in [1.82, 2.24) is 15.1 Å². The first kappa shape index (κ1) is 11.3. The van der Waals surface area contributed by atoms with Gasteiger partial charge in [0.15, 0.2) is 0 Å². The molecule has 2 aromatic rings. The molecule has 1 unspecified atom stereocenters. The number of nitrogens with zero attached hydrogens (tertiary/aromatic N) is 2. The Morgan fingerprint density at radius 3 is 3.00 bits per heavy atom. The van der Waals surface area contributed by atoms with Crippen LogP contribution in [0.5, 0.6) is 0 Å². The Morgan fingerprint density at radius 2 is 2.28 bits per heavy atom. The van der Waals surface area contributed by atoms with Crippen molar-refractivity contribution in [3.05, 3.63) is 30.0 Å². The fourth-order valence-electron chi connectivity index (χ4n) is 2.35. The molecule has 1 amide bonds. The molecule has 0 radical (unpaired) electrons. The molecule has 94 valence electrons. The first-order valence-corrected chi connectivity index (χ1v) is 6.37. The van der Waals surface area contributed by atoms with E-state index in [-0.39, 0.29) is 5.91 Å². The fraction of sp³-hybridized carbons (Fsp3) is 0.429. The van der Waals surface area contributed by atoms with Gasteiger partial charge in [-0.05, 0) is 37.8 Å². The highest BCUT2D eigenvalue weighted by atomic mass is 16.2. The second kappa shape index (κ2) is 4.12. The van der Waals surface area contributed by atoms with E-state index in [0.717, 1.165) is 16.5 Å². The maximum absolute atomic E-state index is 12.4. The summed E-state index contributed by atoms with van der Waals surface area (Å²) < 4.78 is 0. The number of rotatable bonds is 3. The van der Waals surface area contributed by atoms with E-state index in [2.05, 4.69) is 17.1 Å². The highest BCUT2D eigenvalue weighted by Crippen LogP contribution is 2.35. The van der Waals surface area contributed by atoms with E-state index in [9.17, 15) is 4.79 Å². The Balaban J connectivity index is 1.85. The summed E-state index contributed by atoms with van der Waals surface area (Å²) in [5.74, 6) is 0.778. The Morgan fingerprint density at radius 1 is 1.50 bits per heavy atom. The number of amides is 1. The average molecular weight is 243 g/mol. The second-order valence-corrected chi connectivity index (χ2v) is 5.17. The van der Waals surface area contributed by atoms with Gasteiger partial charge in [-0.25, -0.2) is 0 Å². The van der Waals surface area contributed by atoms with Crippen molar-refractivity contribution in [1.29, 1.82) is 0 Å². The minimum absolute atomic E-state index is 0.0888. The van der Waals surface area contributed by atoms with Gasteiger partial charge in [-0.15, -0.1) is 0 Å². The zero-order valence-corrected chi connectivity index (χ0v) is 10.7. The number of hydrogen-bond donors (Lipinski definition) is 1. The van der Waals surface area contributed by atoms with Crippen molar-refractivity contribution in [3.8, 4) is 0 Å². The van der Waals surface area contributed by atoms with Crippen LogP contribution in [0.25, 0.3) is 10.9 Å². The molecule has 1 aromatic heterocycles. The molecule has 0 saturated heterocycles. The van der Waals surface area contributed by atoms with Gasteiger partial charge in [0.2, 0.25) is 0 Å². The molecule has 1 aliphatic rings. The SMILES string of the molecule is CC(C1CC1)N(C)C(=O)c1ccc2cn[nH]c2c1. The van der Waals surface area contributed by atoms with Gasteiger partial charge in [-0.3, -0.25) is 9.89 Å². The third-order valence-corrected chi connectivity index (χ3v) is 3.92. The minimum atomic E-state index is 0.0888. The van der Waals surface area contributed by atoms with Gasteiger partial charge in [0, 0.05) is 24.0 Å². The lowest BCUT2D eigenvalue weighted by atomic mass is 10.1. The van der Waals surface area contributed by atoms with Crippen LogP contribution in [0.3, 0.4) is 0 Å². The number of benzene rings is 1. The molecule has 0 aliphatic heterocycles. The van der Waals surface area contributed by atoms with E-state index in [1.807, 2.05) is 30.1 Å². The largest absolute Gasteiger partial charge is 0.339 e. The standard InChI is InChI=1S/C14H17N3O/c1-9(10-3-4-10)17(2)14(18)11-5-6-12-8-15-16-13(12)7-11/h5-10H,3-4H2,1-2H3,(H,15,16). The highest BCUT2D eigenvalue weighted by molar-refractivity contribution is 5.97. The predicted molar refractivity (Wildman–Crippen MR) is 70.4 cm³/mol. The molecule has 0 spiro atoms. The van der Waals surface area contributed by atoms with Crippen LogP contribution in [-0.2, 0) is 0 Å². The molecule has 1 heterocycles. The van der Waals surface area contributed by atoms with Crippen LogP contribution in [0.2, 0.25) is 0 Å². The monoisotopic (exact) mass is 243 g/mol. The van der Waals surface area contributed by atoms with Crippen LogP contribution in [0.4, 0.5) is 0 Å². The summed E-state index contributed by atoms with van der Waals surface area (Å²) >= 11 is 0. The van der Waals surface area contributed by atoms with E-state index < -0.39 is 0 Å². The minimum Gasteiger partial charge on any atom is -0.339 e. The number of carbonyl (C=O) groups is 1. The van der Waals surface area contributed by atoms with Crippen LogP contribution in [0, 0.1) is 5.92 Å². The molecule has 18 heavy (non-hydrogen) atoms. The first-order valence-electron chi connectivity index (χ1n) is 6.37. The third-order valence-electron chi connectivity index (χ3n) is 3.92. The number of carbonyl (C=O) groups excluding carboxylic acids is 1. The first-order chi connectivity index (χ1) is 8.66. The lowest BCUT2D eigenvalue weighted by Crippen LogP contribution is -2.36. The van der Waals surface area contributed by atoms with Gasteiger partial charge < -0.3 is 4.90 Å². The molecule has 1 N–H and O–H groups in total. The smallest absolute Gasteiger partial charge is 0.253 e. The molecular weight excluding hydrogens is 226 g/mol. The summed E-state index contributed by atoms with van der Waals surface area (Å²) in [6, 6.07) is 6.01. The van der Waals surface area contributed by atoms with Gasteiger partial charge in [0.25, 0.3) is 5.91 Å². The average Bonchev–Trinajstić information content (AvgIpc) is 3.13. The number of nitrogens with one attached hydrogen (secondary N) is 1. The van der Waals surface area contributed by atoms with Crippen molar-refractivity contribution < 1.29 is 4.79 Å². The summed E-state index contributed by atoms with van der Waals surface area (Å²) in [6.45, 7) is 2.13. The number of H-pyrrole nitrogens is 1. The van der Waals surface area contributed by atoms with Gasteiger partial charge in [0.1, 0.15) is 0 Å². The van der Waals surface area contributed by atoms with E-state index >= 15 is 0 Å². The number of aromatic nitrogens is 2. The van der Waals surface area contributed by atoms with Crippen LogP contribution < -0.4 is 0 Å². The van der Waals surface area contributed by atoms with Crippen LogP contribution in [0.15, 0.2) is 24.4 Å². The van der Waals surface area contributed by atoms with Crippen molar-refractivity contribution in [2.45, 2.75) is 25.8 Å². The maximum atomic E-state index is 12.4. The predicted octanol–water partition coefficient (Wildman–Crippen LogP) is 2.43. The molecule has 1 fully saturated rings. The van der Waals surface area contributed by atoms with Crippen LogP contribution >= 0.6 is 0 Å². The summed E-state index contributed by atoms with van der Waals surface area (Å²) in [5, 5.41) is 7.90. The molecule has 0 bridgehead atoms. The highest BCUT2D eigenvalue weighted by Gasteiger charge is 2.32. The second-order valence-electron chi connectivity index (χ2n) is 5.17. The number of fused-ring (bicyclic) bond motifs is 1. The maximum Gasteiger partial charge on any atom is 0.253 e. The quantitative estimate of drug-likeness (QED) is 0.900. The van der Waals surface area contributed by atoms with E-state index in [1.54, 1.807) is 6.20 Å². The molecule has 1 aliphatic carbocycles. The van der Waals surface area contributed by atoms with E-state index in [4.69, 9.17) is 0 Å². The zero-order valence-electron chi connectivity index (χ0n) is 10.7. The molecule has 3 rings (SSSR count). The van der Waals surface area contributed by atoms with E-state index in [1.165, 1.54) is 12.8 Å². The summed E-state index contributed by atoms with van der Waals surface area (Å²) in [4.78, 5) is 14.2. The van der Waals surface area contributed by atoms with Gasteiger partial charge in [-0.2, -0.15) is 5.10 Å². The molecule has 4 heteroatoms. The lowest BCUT2D eigenvalue weighted by Gasteiger charge is -2.24. The van der Waals surface area contributed by atoms with Gasteiger partial charge in [0.05, 0.1) is 11.7 Å². The Bertz CT molecular complexity index is 585. The molecule has 1 atom stereocenters. The van der Waals surface area contributed by atoms with E-state index in [0.29, 0.717) is 12.0 Å². The summed E-state index contributed by atoms with van der Waals surface area (Å²) in [6.07, 6.45) is 4.26.